The molecule has 1 rings (SSSR count). The molecule has 16 heavy (non-hydrogen) atoms. The number of methoxy groups -OCH3 is 1. The van der Waals surface area contributed by atoms with E-state index in [0.29, 0.717) is 12.4 Å². The van der Waals surface area contributed by atoms with Gasteiger partial charge in [0.05, 0.1) is 20.3 Å². The van der Waals surface area contributed by atoms with Crippen molar-refractivity contribution < 1.29 is 14.6 Å². The van der Waals surface area contributed by atoms with Crippen molar-refractivity contribution in [1.29, 1.82) is 0 Å². The second-order valence-electron chi connectivity index (χ2n) is 3.69. The summed E-state index contributed by atoms with van der Waals surface area (Å²) >= 11 is 0. The molecule has 0 spiro atoms. The van der Waals surface area contributed by atoms with Crippen molar-refractivity contribution in [3.8, 4) is 11.5 Å². The highest BCUT2D eigenvalue weighted by Crippen LogP contribution is 2.24. The maximum atomic E-state index is 9.19. The molecular weight excluding hydrogens is 204 g/mol. The van der Waals surface area contributed by atoms with E-state index in [-0.39, 0.29) is 6.61 Å². The number of aliphatic hydroxyl groups excluding tert-OH is 1. The standard InChI is InChI=1S/C13H18O3/c1-10(2)6-7-16-13-5-4-12(15-3)8-11(13)9-14/h4-5,8,14H,1,6-7,9H2,2-3H3. The number of hydrogen-bond acceptors (Lipinski definition) is 3. The van der Waals surface area contributed by atoms with Gasteiger partial charge < -0.3 is 14.6 Å². The second-order valence-corrected chi connectivity index (χ2v) is 3.69. The molecule has 1 aromatic rings. The van der Waals surface area contributed by atoms with Gasteiger partial charge in [0.2, 0.25) is 0 Å². The number of ether oxygens (including phenoxy) is 2. The van der Waals surface area contributed by atoms with E-state index in [1.54, 1.807) is 13.2 Å². The summed E-state index contributed by atoms with van der Waals surface area (Å²) in [6, 6.07) is 5.40. The topological polar surface area (TPSA) is 38.7 Å². The Morgan fingerprint density at radius 1 is 1.44 bits per heavy atom. The van der Waals surface area contributed by atoms with Crippen LogP contribution in [0.3, 0.4) is 0 Å². The first-order valence-corrected chi connectivity index (χ1v) is 5.22. The Kier molecular flexibility index (Phi) is 4.86. The largest absolute Gasteiger partial charge is 0.497 e. The molecule has 3 nitrogen and oxygen atoms in total. The SMILES string of the molecule is C=C(C)CCOc1ccc(OC)cc1CO. The van der Waals surface area contributed by atoms with Crippen LogP contribution in [0.5, 0.6) is 11.5 Å². The molecule has 0 unspecified atom stereocenters. The normalized spacial score (nSPS) is 9.94. The van der Waals surface area contributed by atoms with Gasteiger partial charge in [-0.3, -0.25) is 0 Å². The van der Waals surface area contributed by atoms with E-state index < -0.39 is 0 Å². The van der Waals surface area contributed by atoms with Crippen LogP contribution in [0.4, 0.5) is 0 Å². The monoisotopic (exact) mass is 222 g/mol. The van der Waals surface area contributed by atoms with Gasteiger partial charge in [-0.05, 0) is 25.1 Å². The Bertz CT molecular complexity index is 358. The molecule has 3 heteroatoms. The zero-order valence-corrected chi connectivity index (χ0v) is 9.82. The predicted octanol–water partition coefficient (Wildman–Crippen LogP) is 2.53. The smallest absolute Gasteiger partial charge is 0.125 e. The van der Waals surface area contributed by atoms with E-state index in [1.165, 1.54) is 0 Å². The summed E-state index contributed by atoms with van der Waals surface area (Å²) in [5, 5.41) is 9.19. The molecule has 0 saturated heterocycles. The lowest BCUT2D eigenvalue weighted by Crippen LogP contribution is -2.01. The van der Waals surface area contributed by atoms with Crippen molar-refractivity contribution in [2.45, 2.75) is 20.0 Å². The molecule has 1 aromatic carbocycles. The summed E-state index contributed by atoms with van der Waals surface area (Å²) in [5.41, 5.74) is 1.82. The van der Waals surface area contributed by atoms with E-state index in [0.717, 1.165) is 23.3 Å². The number of hydrogen-bond donors (Lipinski definition) is 1. The van der Waals surface area contributed by atoms with Gasteiger partial charge in [-0.2, -0.15) is 0 Å². The minimum absolute atomic E-state index is 0.0559. The summed E-state index contributed by atoms with van der Waals surface area (Å²) in [5.74, 6) is 1.42. The first kappa shape index (κ1) is 12.6. The molecule has 0 atom stereocenters. The van der Waals surface area contributed by atoms with Crippen molar-refractivity contribution >= 4 is 0 Å². The van der Waals surface area contributed by atoms with Crippen LogP contribution >= 0.6 is 0 Å². The van der Waals surface area contributed by atoms with Gasteiger partial charge in [-0.1, -0.05) is 5.57 Å². The molecule has 0 saturated carbocycles. The van der Waals surface area contributed by atoms with Gasteiger partial charge in [0.15, 0.2) is 0 Å². The second kappa shape index (κ2) is 6.18. The maximum Gasteiger partial charge on any atom is 0.125 e. The average molecular weight is 222 g/mol. The van der Waals surface area contributed by atoms with E-state index in [4.69, 9.17) is 9.47 Å². The van der Waals surface area contributed by atoms with Crippen LogP contribution in [0.1, 0.15) is 18.9 Å². The third-order valence-corrected chi connectivity index (χ3v) is 2.22. The fraction of sp³-hybridized carbons (Fsp3) is 0.385. The zero-order chi connectivity index (χ0) is 12.0. The number of benzene rings is 1. The molecule has 0 amide bonds. The number of rotatable bonds is 6. The van der Waals surface area contributed by atoms with Gasteiger partial charge in [0, 0.05) is 12.0 Å². The van der Waals surface area contributed by atoms with Gasteiger partial charge in [0.1, 0.15) is 11.5 Å². The van der Waals surface area contributed by atoms with E-state index in [2.05, 4.69) is 6.58 Å². The van der Waals surface area contributed by atoms with Crippen molar-refractivity contribution in [1.82, 2.24) is 0 Å². The molecule has 0 aromatic heterocycles. The highest BCUT2D eigenvalue weighted by atomic mass is 16.5. The molecule has 0 bridgehead atoms. The summed E-state index contributed by atoms with van der Waals surface area (Å²) in [7, 11) is 1.60. The van der Waals surface area contributed by atoms with Crippen molar-refractivity contribution in [2.24, 2.45) is 0 Å². The minimum atomic E-state index is -0.0559. The van der Waals surface area contributed by atoms with Crippen molar-refractivity contribution in [3.63, 3.8) is 0 Å². The Morgan fingerprint density at radius 3 is 2.75 bits per heavy atom. The molecule has 0 aliphatic heterocycles. The molecule has 1 N–H and O–H groups in total. The fourth-order valence-electron chi connectivity index (χ4n) is 1.28. The van der Waals surface area contributed by atoms with E-state index in [1.807, 2.05) is 19.1 Å². The van der Waals surface area contributed by atoms with Crippen molar-refractivity contribution in [2.75, 3.05) is 13.7 Å². The Labute approximate surface area is 96.3 Å². The van der Waals surface area contributed by atoms with Crippen LogP contribution in [0.15, 0.2) is 30.4 Å². The summed E-state index contributed by atoms with van der Waals surface area (Å²) in [6.07, 6.45) is 0.816. The lowest BCUT2D eigenvalue weighted by Gasteiger charge is -2.11. The quantitative estimate of drug-likeness (QED) is 0.752. The summed E-state index contributed by atoms with van der Waals surface area (Å²) < 4.78 is 10.6. The highest BCUT2D eigenvalue weighted by Gasteiger charge is 2.04. The van der Waals surface area contributed by atoms with E-state index in [9.17, 15) is 5.11 Å². The average Bonchev–Trinajstić information content (AvgIpc) is 2.29. The lowest BCUT2D eigenvalue weighted by atomic mass is 10.2. The highest BCUT2D eigenvalue weighted by molar-refractivity contribution is 5.39. The van der Waals surface area contributed by atoms with Crippen LogP contribution < -0.4 is 9.47 Å². The van der Waals surface area contributed by atoms with Gasteiger partial charge in [0.25, 0.3) is 0 Å². The molecule has 88 valence electrons. The molecule has 0 fully saturated rings. The van der Waals surface area contributed by atoms with Crippen LogP contribution in [-0.2, 0) is 6.61 Å². The van der Waals surface area contributed by atoms with Crippen LogP contribution in [0.25, 0.3) is 0 Å². The number of aliphatic hydroxyl groups is 1. The predicted molar refractivity (Wildman–Crippen MR) is 63.8 cm³/mol. The Hall–Kier alpha value is -1.48. The van der Waals surface area contributed by atoms with Gasteiger partial charge in [-0.25, -0.2) is 0 Å². The Morgan fingerprint density at radius 2 is 2.19 bits per heavy atom. The lowest BCUT2D eigenvalue weighted by molar-refractivity contribution is 0.262. The molecule has 0 radical (unpaired) electrons. The first-order valence-electron chi connectivity index (χ1n) is 5.22. The van der Waals surface area contributed by atoms with E-state index >= 15 is 0 Å². The fourth-order valence-corrected chi connectivity index (χ4v) is 1.28. The molecule has 0 aliphatic rings. The maximum absolute atomic E-state index is 9.19. The van der Waals surface area contributed by atoms with Gasteiger partial charge in [-0.15, -0.1) is 6.58 Å². The van der Waals surface area contributed by atoms with Crippen LogP contribution in [0.2, 0.25) is 0 Å². The van der Waals surface area contributed by atoms with Crippen LogP contribution in [0, 0.1) is 0 Å². The van der Waals surface area contributed by atoms with Gasteiger partial charge >= 0.3 is 0 Å². The first-order chi connectivity index (χ1) is 7.67. The summed E-state index contributed by atoms with van der Waals surface area (Å²) in [6.45, 7) is 6.29. The molecule has 0 heterocycles. The molecule has 0 aliphatic carbocycles. The third-order valence-electron chi connectivity index (χ3n) is 2.22. The zero-order valence-electron chi connectivity index (χ0n) is 9.82. The molecular formula is C13H18O3. The van der Waals surface area contributed by atoms with Crippen LogP contribution in [-0.4, -0.2) is 18.8 Å². The minimum Gasteiger partial charge on any atom is -0.497 e. The van der Waals surface area contributed by atoms with Crippen molar-refractivity contribution in [3.05, 3.63) is 35.9 Å². The summed E-state index contributed by atoms with van der Waals surface area (Å²) in [4.78, 5) is 0. The third kappa shape index (κ3) is 3.59. The Balaban J connectivity index is 2.68.